The van der Waals surface area contributed by atoms with E-state index in [9.17, 15) is 4.79 Å². The Morgan fingerprint density at radius 3 is 2.81 bits per heavy atom. The van der Waals surface area contributed by atoms with Gasteiger partial charge in [-0.1, -0.05) is 36.9 Å². The summed E-state index contributed by atoms with van der Waals surface area (Å²) in [7, 11) is 0. The summed E-state index contributed by atoms with van der Waals surface area (Å²) < 4.78 is 6.26. The van der Waals surface area contributed by atoms with Crippen molar-refractivity contribution in [2.75, 3.05) is 57.4 Å². The van der Waals surface area contributed by atoms with Gasteiger partial charge >= 0.3 is 0 Å². The third kappa shape index (κ3) is 3.46. The van der Waals surface area contributed by atoms with Gasteiger partial charge in [0.1, 0.15) is 0 Å². The maximum Gasteiger partial charge on any atom is 0.233 e. The number of nitrogen functional groups attached to an aromatic ring is 1. The Bertz CT molecular complexity index is 676. The van der Waals surface area contributed by atoms with E-state index in [4.69, 9.17) is 10.5 Å². The average molecular weight is 398 g/mol. The standard InChI is InChI=1S/C17H27N5O2S2/c1-16(2)9-17(10-21-3-5-24-6-4-21)11-22(7-12(16)17)13(23)8-25-15-20-19-14(18)26-15/h12H,3-11H2,1-2H3,(H2,18,19)/t12-,17+/m1/s1. The minimum absolute atomic E-state index is 0.204. The Balaban J connectivity index is 1.38. The summed E-state index contributed by atoms with van der Waals surface area (Å²) in [6, 6.07) is 0. The van der Waals surface area contributed by atoms with Gasteiger partial charge in [0.05, 0.1) is 19.0 Å². The van der Waals surface area contributed by atoms with Gasteiger partial charge in [-0.15, -0.1) is 10.2 Å². The molecule has 1 aliphatic carbocycles. The smallest absolute Gasteiger partial charge is 0.233 e. The number of fused-ring (bicyclic) bond motifs is 1. The van der Waals surface area contributed by atoms with Crippen LogP contribution in [0.4, 0.5) is 5.13 Å². The monoisotopic (exact) mass is 397 g/mol. The Labute approximate surface area is 162 Å². The zero-order valence-electron chi connectivity index (χ0n) is 15.4. The van der Waals surface area contributed by atoms with Crippen LogP contribution in [0.2, 0.25) is 0 Å². The molecule has 0 aromatic carbocycles. The van der Waals surface area contributed by atoms with Gasteiger partial charge in [-0.25, -0.2) is 0 Å². The quantitative estimate of drug-likeness (QED) is 0.752. The molecule has 26 heavy (non-hydrogen) atoms. The highest BCUT2D eigenvalue weighted by Gasteiger charge is 2.63. The molecule has 1 aromatic heterocycles. The molecule has 3 fully saturated rings. The Kier molecular flexibility index (Phi) is 4.92. The summed E-state index contributed by atoms with van der Waals surface area (Å²) in [6.07, 6.45) is 1.20. The molecule has 1 aromatic rings. The first-order valence-electron chi connectivity index (χ1n) is 9.18. The highest BCUT2D eigenvalue weighted by Crippen LogP contribution is 2.63. The van der Waals surface area contributed by atoms with Crippen molar-refractivity contribution in [3.8, 4) is 0 Å². The summed E-state index contributed by atoms with van der Waals surface area (Å²) in [5.41, 5.74) is 6.19. The lowest BCUT2D eigenvalue weighted by molar-refractivity contribution is -0.127. The molecule has 7 nitrogen and oxygen atoms in total. The number of hydrogen-bond acceptors (Lipinski definition) is 8. The van der Waals surface area contributed by atoms with Crippen molar-refractivity contribution >= 4 is 34.1 Å². The van der Waals surface area contributed by atoms with Gasteiger partial charge in [0.15, 0.2) is 4.34 Å². The van der Waals surface area contributed by atoms with Crippen molar-refractivity contribution in [1.29, 1.82) is 0 Å². The molecular weight excluding hydrogens is 370 g/mol. The zero-order valence-corrected chi connectivity index (χ0v) is 17.1. The third-order valence-corrected chi connectivity index (χ3v) is 8.01. The number of likely N-dealkylation sites (tertiary alicyclic amines) is 1. The van der Waals surface area contributed by atoms with Crippen LogP contribution in [0.5, 0.6) is 0 Å². The summed E-state index contributed by atoms with van der Waals surface area (Å²) in [6.45, 7) is 11.2. The van der Waals surface area contributed by atoms with E-state index in [1.807, 2.05) is 0 Å². The SMILES string of the molecule is CC1(C)C[C@]2(CN3CCOCC3)CN(C(=O)CSc3nnc(N)s3)C[C@H]12. The molecule has 1 amide bonds. The fourth-order valence-corrected chi connectivity index (χ4v) is 6.77. The molecule has 2 saturated heterocycles. The van der Waals surface area contributed by atoms with Crippen LogP contribution in [-0.4, -0.2) is 77.6 Å². The van der Waals surface area contributed by atoms with Gasteiger partial charge in [0.2, 0.25) is 11.0 Å². The summed E-state index contributed by atoms with van der Waals surface area (Å²) in [4.78, 5) is 17.4. The second-order valence-electron chi connectivity index (χ2n) is 8.44. The fourth-order valence-electron chi connectivity index (χ4n) is 5.23. The Morgan fingerprint density at radius 1 is 1.38 bits per heavy atom. The van der Waals surface area contributed by atoms with Crippen LogP contribution in [0, 0.1) is 16.7 Å². The van der Waals surface area contributed by atoms with Crippen LogP contribution >= 0.6 is 23.1 Å². The molecule has 0 radical (unpaired) electrons. The van der Waals surface area contributed by atoms with Crippen LogP contribution in [0.15, 0.2) is 4.34 Å². The Morgan fingerprint density at radius 2 is 2.15 bits per heavy atom. The van der Waals surface area contributed by atoms with E-state index in [0.717, 1.165) is 50.3 Å². The number of nitrogens with two attached hydrogens (primary N) is 1. The van der Waals surface area contributed by atoms with Crippen LogP contribution in [0.3, 0.4) is 0 Å². The molecule has 144 valence electrons. The first-order valence-corrected chi connectivity index (χ1v) is 11.0. The van der Waals surface area contributed by atoms with E-state index in [-0.39, 0.29) is 11.3 Å². The number of aromatic nitrogens is 2. The summed E-state index contributed by atoms with van der Waals surface area (Å²) >= 11 is 2.78. The Hall–Kier alpha value is -0.900. The van der Waals surface area contributed by atoms with Gasteiger partial charge in [0, 0.05) is 38.1 Å². The number of anilines is 1. The zero-order chi connectivity index (χ0) is 18.4. The van der Waals surface area contributed by atoms with Crippen LogP contribution in [0.25, 0.3) is 0 Å². The van der Waals surface area contributed by atoms with Crippen molar-refractivity contribution in [3.05, 3.63) is 0 Å². The molecule has 1 saturated carbocycles. The number of carbonyl (C=O) groups excluding carboxylic acids is 1. The minimum Gasteiger partial charge on any atom is -0.379 e. The lowest BCUT2D eigenvalue weighted by Crippen LogP contribution is -2.59. The first-order chi connectivity index (χ1) is 12.4. The highest BCUT2D eigenvalue weighted by atomic mass is 32.2. The van der Waals surface area contributed by atoms with E-state index in [1.165, 1.54) is 29.5 Å². The number of amides is 1. The van der Waals surface area contributed by atoms with Crippen molar-refractivity contribution in [2.24, 2.45) is 16.7 Å². The van der Waals surface area contributed by atoms with Crippen molar-refractivity contribution in [1.82, 2.24) is 20.0 Å². The van der Waals surface area contributed by atoms with E-state index >= 15 is 0 Å². The molecule has 9 heteroatoms. The van der Waals surface area contributed by atoms with Crippen LogP contribution in [-0.2, 0) is 9.53 Å². The summed E-state index contributed by atoms with van der Waals surface area (Å²) in [5, 5.41) is 8.24. The second-order valence-corrected chi connectivity index (χ2v) is 10.7. The average Bonchev–Trinajstić information content (AvgIpc) is 3.15. The maximum absolute atomic E-state index is 12.8. The molecule has 2 N–H and O–H groups in total. The predicted octanol–water partition coefficient (Wildman–Crippen LogP) is 1.42. The van der Waals surface area contributed by atoms with Gasteiger partial charge in [-0.05, 0) is 17.8 Å². The minimum atomic E-state index is 0.204. The summed E-state index contributed by atoms with van der Waals surface area (Å²) in [5.74, 6) is 1.20. The highest BCUT2D eigenvalue weighted by molar-refractivity contribution is 8.01. The molecule has 0 unspecified atom stereocenters. The topological polar surface area (TPSA) is 84.6 Å². The third-order valence-electron chi connectivity index (χ3n) is 6.14. The van der Waals surface area contributed by atoms with Crippen molar-refractivity contribution in [3.63, 3.8) is 0 Å². The number of hydrogen-bond donors (Lipinski definition) is 1. The lowest BCUT2D eigenvalue weighted by atomic mass is 9.48. The molecule has 2 aliphatic heterocycles. The van der Waals surface area contributed by atoms with E-state index in [0.29, 0.717) is 22.2 Å². The molecule has 3 heterocycles. The molecule has 0 bridgehead atoms. The number of ether oxygens (including phenoxy) is 1. The van der Waals surface area contributed by atoms with Gasteiger partial charge in [-0.3, -0.25) is 9.69 Å². The molecule has 0 spiro atoms. The van der Waals surface area contributed by atoms with E-state index < -0.39 is 0 Å². The number of nitrogens with zero attached hydrogens (tertiary/aromatic N) is 4. The van der Waals surface area contributed by atoms with Crippen molar-refractivity contribution < 1.29 is 9.53 Å². The number of morpholine rings is 1. The number of rotatable bonds is 5. The largest absolute Gasteiger partial charge is 0.379 e. The second kappa shape index (κ2) is 6.92. The van der Waals surface area contributed by atoms with Crippen LogP contribution in [0.1, 0.15) is 20.3 Å². The maximum atomic E-state index is 12.8. The van der Waals surface area contributed by atoms with Gasteiger partial charge in [0.25, 0.3) is 0 Å². The lowest BCUT2D eigenvalue weighted by Gasteiger charge is -2.58. The van der Waals surface area contributed by atoms with E-state index in [1.54, 1.807) is 0 Å². The van der Waals surface area contributed by atoms with Crippen molar-refractivity contribution in [2.45, 2.75) is 24.6 Å². The first kappa shape index (κ1) is 18.5. The van der Waals surface area contributed by atoms with Gasteiger partial charge in [-0.2, -0.15) is 0 Å². The molecule has 4 rings (SSSR count). The molecule has 3 aliphatic rings. The predicted molar refractivity (Wildman–Crippen MR) is 103 cm³/mol. The number of thioether (sulfide) groups is 1. The fraction of sp³-hybridized carbons (Fsp3) is 0.824. The van der Waals surface area contributed by atoms with E-state index in [2.05, 4.69) is 33.8 Å². The molecule has 2 atom stereocenters. The van der Waals surface area contributed by atoms with Gasteiger partial charge < -0.3 is 15.4 Å². The number of carbonyl (C=O) groups is 1. The van der Waals surface area contributed by atoms with Crippen LogP contribution < -0.4 is 5.73 Å². The molecular formula is C17H27N5O2S2. The normalized spacial score (nSPS) is 30.8.